The zero-order chi connectivity index (χ0) is 21.3. The number of aromatic nitrogens is 5. The van der Waals surface area contributed by atoms with Crippen molar-refractivity contribution in [1.82, 2.24) is 24.7 Å². The zero-order valence-electron chi connectivity index (χ0n) is 16.8. The summed E-state index contributed by atoms with van der Waals surface area (Å²) in [6.07, 6.45) is 3.21. The molecule has 0 fully saturated rings. The Morgan fingerprint density at radius 2 is 1.97 bits per heavy atom. The minimum atomic E-state index is -0.823. The summed E-state index contributed by atoms with van der Waals surface area (Å²) in [6.45, 7) is 4.65. The van der Waals surface area contributed by atoms with Crippen molar-refractivity contribution in [3.63, 3.8) is 0 Å². The van der Waals surface area contributed by atoms with Gasteiger partial charge in [0.05, 0.1) is 24.2 Å². The summed E-state index contributed by atoms with van der Waals surface area (Å²) in [6, 6.07) is 10.1. The summed E-state index contributed by atoms with van der Waals surface area (Å²) < 4.78 is 2.84. The van der Waals surface area contributed by atoms with Crippen LogP contribution >= 0.6 is 15.9 Å². The molecule has 0 bridgehead atoms. The number of halogens is 1. The minimum absolute atomic E-state index is 0.0154. The lowest BCUT2D eigenvalue weighted by molar-refractivity contribution is -0.136. The van der Waals surface area contributed by atoms with Gasteiger partial charge in [0.1, 0.15) is 5.82 Å². The van der Waals surface area contributed by atoms with Crippen molar-refractivity contribution in [2.45, 2.75) is 39.7 Å². The number of carboxylic acid groups (broad SMARTS) is 1. The molecule has 3 heterocycles. The molecule has 4 aromatic rings. The molecule has 0 aliphatic rings. The number of aryl methyl sites for hydroxylation is 1. The van der Waals surface area contributed by atoms with Crippen molar-refractivity contribution in [1.29, 1.82) is 0 Å². The smallest absolute Gasteiger partial charge is 0.307 e. The first kappa shape index (κ1) is 20.3. The number of benzene rings is 1. The van der Waals surface area contributed by atoms with Crippen LogP contribution in [0.15, 0.2) is 41.0 Å². The van der Waals surface area contributed by atoms with E-state index in [1.165, 1.54) is 0 Å². The van der Waals surface area contributed by atoms with E-state index in [9.17, 15) is 9.90 Å². The predicted octanol–water partition coefficient (Wildman–Crippen LogP) is 4.38. The molecule has 0 aliphatic heterocycles. The number of rotatable bonds is 7. The van der Waals surface area contributed by atoms with E-state index in [2.05, 4.69) is 48.1 Å². The van der Waals surface area contributed by atoms with Crippen molar-refractivity contribution >= 4 is 33.1 Å². The average molecular weight is 468 g/mol. The molecule has 0 spiro atoms. The Hall–Kier alpha value is -3.00. The lowest BCUT2D eigenvalue weighted by Crippen LogP contribution is -2.08. The lowest BCUT2D eigenvalue weighted by Gasteiger charge is -2.08. The maximum absolute atomic E-state index is 11.3. The van der Waals surface area contributed by atoms with Gasteiger partial charge in [0.25, 0.3) is 0 Å². The SMILES string of the molecule is CCc1nn(Cc2ccc(-c3nc4ncc(Br)cc4[nH]3)cc2)c(CC)c1CC(=O)O. The third kappa shape index (κ3) is 4.00. The van der Waals surface area contributed by atoms with Gasteiger partial charge in [-0.05, 0) is 40.4 Å². The van der Waals surface area contributed by atoms with Crippen molar-refractivity contribution in [3.05, 3.63) is 63.5 Å². The van der Waals surface area contributed by atoms with Crippen LogP contribution < -0.4 is 0 Å². The topological polar surface area (TPSA) is 96.7 Å². The van der Waals surface area contributed by atoms with Crippen LogP contribution in [0, 0.1) is 0 Å². The molecule has 0 radical (unpaired) electrons. The van der Waals surface area contributed by atoms with E-state index in [1.807, 2.05) is 36.7 Å². The average Bonchev–Trinajstić information content (AvgIpc) is 3.28. The van der Waals surface area contributed by atoms with Crippen LogP contribution in [0.3, 0.4) is 0 Å². The number of carbonyl (C=O) groups is 1. The fourth-order valence-electron chi connectivity index (χ4n) is 3.71. The summed E-state index contributed by atoms with van der Waals surface area (Å²) in [5.74, 6) is -0.0526. The normalized spacial score (nSPS) is 11.3. The van der Waals surface area contributed by atoms with Crippen molar-refractivity contribution < 1.29 is 9.90 Å². The van der Waals surface area contributed by atoms with Crippen LogP contribution in [0.5, 0.6) is 0 Å². The van der Waals surface area contributed by atoms with E-state index >= 15 is 0 Å². The summed E-state index contributed by atoms with van der Waals surface area (Å²) in [7, 11) is 0. The van der Waals surface area contributed by atoms with E-state index < -0.39 is 5.97 Å². The van der Waals surface area contributed by atoms with Gasteiger partial charge in [0.2, 0.25) is 0 Å². The third-order valence-corrected chi connectivity index (χ3v) is 5.54. The molecule has 0 saturated heterocycles. The van der Waals surface area contributed by atoms with Crippen molar-refractivity contribution in [2.75, 3.05) is 0 Å². The molecular weight excluding hydrogens is 446 g/mol. The number of imidazole rings is 1. The van der Waals surface area contributed by atoms with Gasteiger partial charge < -0.3 is 10.1 Å². The molecule has 0 aliphatic carbocycles. The van der Waals surface area contributed by atoms with Crippen LogP contribution in [0.4, 0.5) is 0 Å². The number of nitrogens with one attached hydrogen (secondary N) is 1. The molecule has 2 N–H and O–H groups in total. The highest BCUT2D eigenvalue weighted by atomic mass is 79.9. The molecule has 154 valence electrons. The molecule has 1 aromatic carbocycles. The van der Waals surface area contributed by atoms with E-state index in [4.69, 9.17) is 0 Å². The molecule has 0 atom stereocenters. The highest BCUT2D eigenvalue weighted by molar-refractivity contribution is 9.10. The Labute approximate surface area is 182 Å². The Bertz CT molecular complexity index is 1210. The molecule has 0 amide bonds. The number of fused-ring (bicyclic) bond motifs is 1. The Morgan fingerprint density at radius 3 is 2.63 bits per heavy atom. The quantitative estimate of drug-likeness (QED) is 0.420. The van der Waals surface area contributed by atoms with Crippen LogP contribution in [0.1, 0.15) is 36.4 Å². The van der Waals surface area contributed by atoms with Gasteiger partial charge in [-0.2, -0.15) is 5.10 Å². The number of H-pyrrole nitrogens is 1. The third-order valence-electron chi connectivity index (χ3n) is 5.11. The molecule has 8 heteroatoms. The molecule has 7 nitrogen and oxygen atoms in total. The molecule has 4 rings (SSSR count). The number of pyridine rings is 1. The van der Waals surface area contributed by atoms with E-state index in [-0.39, 0.29) is 6.42 Å². The second-order valence-corrected chi connectivity index (χ2v) is 8.03. The monoisotopic (exact) mass is 467 g/mol. The Kier molecular flexibility index (Phi) is 5.67. The molecule has 0 unspecified atom stereocenters. The highest BCUT2D eigenvalue weighted by Gasteiger charge is 2.18. The van der Waals surface area contributed by atoms with Gasteiger partial charge in [-0.1, -0.05) is 38.1 Å². The minimum Gasteiger partial charge on any atom is -0.481 e. The summed E-state index contributed by atoms with van der Waals surface area (Å²) in [4.78, 5) is 23.4. The van der Waals surface area contributed by atoms with Gasteiger partial charge in [0, 0.05) is 27.5 Å². The molecule has 30 heavy (non-hydrogen) atoms. The summed E-state index contributed by atoms with van der Waals surface area (Å²) in [5, 5.41) is 13.9. The molecule has 0 saturated carbocycles. The number of hydrogen-bond acceptors (Lipinski definition) is 4. The van der Waals surface area contributed by atoms with Gasteiger partial charge in [-0.3, -0.25) is 9.48 Å². The second-order valence-electron chi connectivity index (χ2n) is 7.11. The highest BCUT2D eigenvalue weighted by Crippen LogP contribution is 2.23. The van der Waals surface area contributed by atoms with Gasteiger partial charge in [0.15, 0.2) is 5.65 Å². The van der Waals surface area contributed by atoms with Gasteiger partial charge in [-0.15, -0.1) is 0 Å². The lowest BCUT2D eigenvalue weighted by atomic mass is 10.1. The molecular formula is C22H22BrN5O2. The maximum atomic E-state index is 11.3. The van der Waals surface area contributed by atoms with Gasteiger partial charge in [-0.25, -0.2) is 9.97 Å². The predicted molar refractivity (Wildman–Crippen MR) is 118 cm³/mol. The fourth-order valence-corrected chi connectivity index (χ4v) is 4.04. The van der Waals surface area contributed by atoms with Crippen LogP contribution in [0.2, 0.25) is 0 Å². The number of hydrogen-bond donors (Lipinski definition) is 2. The van der Waals surface area contributed by atoms with Crippen molar-refractivity contribution in [3.8, 4) is 11.4 Å². The van der Waals surface area contributed by atoms with Crippen LogP contribution in [-0.2, 0) is 30.6 Å². The molecule has 3 aromatic heterocycles. The first-order chi connectivity index (χ1) is 14.5. The standard InChI is InChI=1S/C22H22BrN5O2/c1-3-17-16(10-20(29)30)19(4-2)28(27-17)12-13-5-7-14(8-6-13)21-25-18-9-15(23)11-24-22(18)26-21/h5-9,11H,3-4,10,12H2,1-2H3,(H,29,30)(H,24,25,26). The summed E-state index contributed by atoms with van der Waals surface area (Å²) in [5.41, 5.74) is 6.34. The Balaban J connectivity index is 1.60. The van der Waals surface area contributed by atoms with Gasteiger partial charge >= 0.3 is 5.97 Å². The first-order valence-electron chi connectivity index (χ1n) is 9.88. The fraction of sp³-hybridized carbons (Fsp3) is 0.273. The van der Waals surface area contributed by atoms with Crippen LogP contribution in [0.25, 0.3) is 22.6 Å². The Morgan fingerprint density at radius 1 is 1.20 bits per heavy atom. The van der Waals surface area contributed by atoms with Crippen LogP contribution in [-0.4, -0.2) is 35.8 Å². The van der Waals surface area contributed by atoms with E-state index in [0.717, 1.165) is 56.7 Å². The number of aromatic amines is 1. The summed E-state index contributed by atoms with van der Waals surface area (Å²) >= 11 is 3.42. The van der Waals surface area contributed by atoms with Crippen molar-refractivity contribution in [2.24, 2.45) is 0 Å². The number of aliphatic carboxylic acids is 1. The maximum Gasteiger partial charge on any atom is 0.307 e. The largest absolute Gasteiger partial charge is 0.481 e. The zero-order valence-corrected chi connectivity index (χ0v) is 18.4. The van der Waals surface area contributed by atoms with E-state index in [1.54, 1.807) is 6.20 Å². The van der Waals surface area contributed by atoms with E-state index in [0.29, 0.717) is 12.2 Å². The first-order valence-corrected chi connectivity index (χ1v) is 10.7. The number of carboxylic acids is 1. The second kappa shape index (κ2) is 8.39. The number of nitrogens with zero attached hydrogens (tertiary/aromatic N) is 4.